The molecule has 0 atom stereocenters. The van der Waals surface area contributed by atoms with Crippen molar-refractivity contribution in [3.05, 3.63) is 24.3 Å². The van der Waals surface area contributed by atoms with E-state index >= 15 is 0 Å². The molecule has 1 fully saturated rings. The third-order valence-electron chi connectivity index (χ3n) is 3.08. The first-order valence-corrected chi connectivity index (χ1v) is 5.25. The van der Waals surface area contributed by atoms with Gasteiger partial charge in [-0.05, 0) is 12.1 Å². The summed E-state index contributed by atoms with van der Waals surface area (Å²) in [5.41, 5.74) is 2.65. The van der Waals surface area contributed by atoms with Crippen LogP contribution in [-0.4, -0.2) is 32.2 Å². The number of hydrogen-bond acceptors (Lipinski definition) is 3. The van der Waals surface area contributed by atoms with Crippen molar-refractivity contribution in [2.45, 2.75) is 6.04 Å². The van der Waals surface area contributed by atoms with Gasteiger partial charge in [0.05, 0.1) is 17.4 Å². The highest BCUT2D eigenvalue weighted by Gasteiger charge is 2.27. The van der Waals surface area contributed by atoms with E-state index in [1.807, 2.05) is 0 Å². The molecule has 1 saturated heterocycles. The molecule has 2 N–H and O–H groups in total. The molecule has 2 aliphatic heterocycles. The van der Waals surface area contributed by atoms with Gasteiger partial charge in [0.25, 0.3) is 0 Å². The molecule has 1 aromatic carbocycles. The van der Waals surface area contributed by atoms with E-state index in [0.29, 0.717) is 6.04 Å². The number of hydrogen-bond donors (Lipinski definition) is 2. The van der Waals surface area contributed by atoms with E-state index in [2.05, 4.69) is 39.8 Å². The average molecular weight is 189 g/mol. The molecule has 0 radical (unpaired) electrons. The van der Waals surface area contributed by atoms with Crippen LogP contribution >= 0.6 is 0 Å². The number of nitrogens with zero attached hydrogens (tertiary/aromatic N) is 1. The van der Waals surface area contributed by atoms with Gasteiger partial charge in [0.15, 0.2) is 0 Å². The van der Waals surface area contributed by atoms with Crippen molar-refractivity contribution in [3.63, 3.8) is 0 Å². The molecule has 3 nitrogen and oxygen atoms in total. The minimum Gasteiger partial charge on any atom is -0.382 e. The van der Waals surface area contributed by atoms with Gasteiger partial charge in [-0.1, -0.05) is 12.1 Å². The van der Waals surface area contributed by atoms with Crippen LogP contribution in [0.4, 0.5) is 11.4 Å². The summed E-state index contributed by atoms with van der Waals surface area (Å²) in [6.07, 6.45) is 0. The summed E-state index contributed by atoms with van der Waals surface area (Å²) in [4.78, 5) is 2.52. The largest absolute Gasteiger partial charge is 0.382 e. The fourth-order valence-corrected chi connectivity index (χ4v) is 2.18. The maximum Gasteiger partial charge on any atom is 0.0606 e. The van der Waals surface area contributed by atoms with E-state index in [0.717, 1.165) is 26.2 Å². The van der Waals surface area contributed by atoms with E-state index in [-0.39, 0.29) is 0 Å². The number of para-hydroxylation sites is 2. The standard InChI is InChI=1S/C11H15N3/c1-2-4-11-10(3-1)13-5-6-14(11)9-7-12-8-9/h1-4,9,12-13H,5-8H2. The van der Waals surface area contributed by atoms with Gasteiger partial charge in [0.2, 0.25) is 0 Å². The Balaban J connectivity index is 1.93. The molecule has 0 aromatic heterocycles. The fraction of sp³-hybridized carbons (Fsp3) is 0.455. The summed E-state index contributed by atoms with van der Waals surface area (Å²) in [5, 5.41) is 6.76. The second kappa shape index (κ2) is 3.17. The Morgan fingerprint density at radius 3 is 2.86 bits per heavy atom. The van der Waals surface area contributed by atoms with E-state index in [4.69, 9.17) is 0 Å². The van der Waals surface area contributed by atoms with Crippen molar-refractivity contribution >= 4 is 11.4 Å². The van der Waals surface area contributed by atoms with Gasteiger partial charge in [0, 0.05) is 26.2 Å². The molecule has 0 spiro atoms. The first kappa shape index (κ1) is 8.12. The predicted octanol–water partition coefficient (Wildman–Crippen LogP) is 0.890. The summed E-state index contributed by atoms with van der Waals surface area (Å²) in [5.74, 6) is 0. The molecule has 74 valence electrons. The van der Waals surface area contributed by atoms with Crippen LogP contribution in [0.15, 0.2) is 24.3 Å². The van der Waals surface area contributed by atoms with Crippen molar-refractivity contribution in [2.24, 2.45) is 0 Å². The second-order valence-electron chi connectivity index (χ2n) is 3.95. The first-order valence-electron chi connectivity index (χ1n) is 5.25. The summed E-state index contributed by atoms with van der Waals surface area (Å²) >= 11 is 0. The molecule has 3 heteroatoms. The quantitative estimate of drug-likeness (QED) is 0.687. The van der Waals surface area contributed by atoms with Crippen LogP contribution in [-0.2, 0) is 0 Å². The summed E-state index contributed by atoms with van der Waals surface area (Å²) in [6.45, 7) is 4.46. The molecule has 3 rings (SSSR count). The first-order chi connectivity index (χ1) is 6.95. The second-order valence-corrected chi connectivity index (χ2v) is 3.95. The van der Waals surface area contributed by atoms with Crippen molar-refractivity contribution in [1.29, 1.82) is 0 Å². The Kier molecular flexibility index (Phi) is 1.84. The van der Waals surface area contributed by atoms with Crippen LogP contribution in [0.2, 0.25) is 0 Å². The van der Waals surface area contributed by atoms with Crippen LogP contribution < -0.4 is 15.5 Å². The van der Waals surface area contributed by atoms with E-state index < -0.39 is 0 Å². The fourth-order valence-electron chi connectivity index (χ4n) is 2.18. The zero-order valence-electron chi connectivity index (χ0n) is 8.16. The van der Waals surface area contributed by atoms with Gasteiger partial charge >= 0.3 is 0 Å². The zero-order chi connectivity index (χ0) is 9.38. The van der Waals surface area contributed by atoms with E-state index in [1.54, 1.807) is 0 Å². The Bertz CT molecular complexity index is 333. The maximum absolute atomic E-state index is 3.43. The SMILES string of the molecule is c1ccc2c(c1)NCCN2C1CNC1. The summed E-state index contributed by atoms with van der Waals surface area (Å²) < 4.78 is 0. The predicted molar refractivity (Wildman–Crippen MR) is 58.9 cm³/mol. The van der Waals surface area contributed by atoms with Crippen LogP contribution in [0, 0.1) is 0 Å². The Morgan fingerprint density at radius 1 is 1.21 bits per heavy atom. The Hall–Kier alpha value is -1.22. The third kappa shape index (κ3) is 1.16. The lowest BCUT2D eigenvalue weighted by atomic mass is 10.1. The lowest BCUT2D eigenvalue weighted by Crippen LogP contribution is -2.59. The van der Waals surface area contributed by atoms with Crippen LogP contribution in [0.1, 0.15) is 0 Å². The molecule has 0 bridgehead atoms. The molecule has 0 amide bonds. The molecular formula is C11H15N3. The number of anilines is 2. The highest BCUT2D eigenvalue weighted by Crippen LogP contribution is 2.30. The van der Waals surface area contributed by atoms with Crippen LogP contribution in [0.25, 0.3) is 0 Å². The lowest BCUT2D eigenvalue weighted by molar-refractivity contribution is 0.414. The van der Waals surface area contributed by atoms with Gasteiger partial charge in [-0.25, -0.2) is 0 Å². The van der Waals surface area contributed by atoms with Crippen molar-refractivity contribution < 1.29 is 0 Å². The van der Waals surface area contributed by atoms with Gasteiger partial charge in [0.1, 0.15) is 0 Å². The van der Waals surface area contributed by atoms with Gasteiger partial charge in [-0.15, -0.1) is 0 Å². The topological polar surface area (TPSA) is 27.3 Å². The number of rotatable bonds is 1. The highest BCUT2D eigenvalue weighted by atomic mass is 15.3. The van der Waals surface area contributed by atoms with Gasteiger partial charge < -0.3 is 15.5 Å². The molecule has 0 aliphatic carbocycles. The Morgan fingerprint density at radius 2 is 2.07 bits per heavy atom. The Labute approximate surface area is 84.1 Å². The third-order valence-corrected chi connectivity index (χ3v) is 3.08. The van der Waals surface area contributed by atoms with E-state index in [9.17, 15) is 0 Å². The summed E-state index contributed by atoms with van der Waals surface area (Å²) in [6, 6.07) is 9.28. The van der Waals surface area contributed by atoms with Crippen molar-refractivity contribution in [1.82, 2.24) is 5.32 Å². The number of nitrogens with one attached hydrogen (secondary N) is 2. The minimum absolute atomic E-state index is 0.707. The normalized spacial score (nSPS) is 21.0. The van der Waals surface area contributed by atoms with Crippen LogP contribution in [0.5, 0.6) is 0 Å². The lowest BCUT2D eigenvalue weighted by Gasteiger charge is -2.43. The molecule has 0 unspecified atom stereocenters. The van der Waals surface area contributed by atoms with E-state index in [1.165, 1.54) is 11.4 Å². The van der Waals surface area contributed by atoms with Gasteiger partial charge in [-0.3, -0.25) is 0 Å². The summed E-state index contributed by atoms with van der Waals surface area (Å²) in [7, 11) is 0. The number of benzene rings is 1. The minimum atomic E-state index is 0.707. The molecule has 1 aromatic rings. The van der Waals surface area contributed by atoms with Crippen molar-refractivity contribution in [2.75, 3.05) is 36.4 Å². The zero-order valence-corrected chi connectivity index (χ0v) is 8.16. The molecule has 2 aliphatic rings. The average Bonchev–Trinajstić information content (AvgIpc) is 2.16. The number of fused-ring (bicyclic) bond motifs is 1. The van der Waals surface area contributed by atoms with Gasteiger partial charge in [-0.2, -0.15) is 0 Å². The molecule has 14 heavy (non-hydrogen) atoms. The maximum atomic E-state index is 3.43. The molecule has 0 saturated carbocycles. The highest BCUT2D eigenvalue weighted by molar-refractivity contribution is 5.72. The smallest absolute Gasteiger partial charge is 0.0606 e. The van der Waals surface area contributed by atoms with Crippen LogP contribution in [0.3, 0.4) is 0 Å². The molecular weight excluding hydrogens is 174 g/mol. The monoisotopic (exact) mass is 189 g/mol. The van der Waals surface area contributed by atoms with Crippen molar-refractivity contribution in [3.8, 4) is 0 Å². The molecule has 2 heterocycles.